The average Bonchev–Trinajstić information content (AvgIpc) is 3.31. The standard InChI is InChI=1S/C25H27N5O2S/c1-15-5-7-19(16(2)11-15)24-26-17(3)23(33-24)28-25(31)32-14-18-6-8-21-20(12-18)27-22-13-29(4)9-10-30(21)22/h5-8,11-12H,9-10,13-14H2,1-4H3,(H,28,31). The molecule has 3 heterocycles. The van der Waals surface area contributed by atoms with Gasteiger partial charge in [0.2, 0.25) is 0 Å². The molecule has 1 amide bonds. The van der Waals surface area contributed by atoms with Crippen LogP contribution in [0.4, 0.5) is 9.80 Å². The summed E-state index contributed by atoms with van der Waals surface area (Å²) in [5, 5.41) is 4.45. The molecule has 170 valence electrons. The van der Waals surface area contributed by atoms with Crippen molar-refractivity contribution in [1.29, 1.82) is 0 Å². The van der Waals surface area contributed by atoms with E-state index in [9.17, 15) is 4.79 Å². The molecule has 0 saturated heterocycles. The average molecular weight is 462 g/mol. The molecule has 0 radical (unpaired) electrons. The Labute approximate surface area is 197 Å². The van der Waals surface area contributed by atoms with E-state index < -0.39 is 6.09 Å². The van der Waals surface area contributed by atoms with Crippen molar-refractivity contribution in [3.63, 3.8) is 0 Å². The highest BCUT2D eigenvalue weighted by Gasteiger charge is 2.18. The normalized spacial score (nSPS) is 13.8. The highest BCUT2D eigenvalue weighted by molar-refractivity contribution is 7.19. The van der Waals surface area contributed by atoms with Crippen molar-refractivity contribution in [2.24, 2.45) is 0 Å². The van der Waals surface area contributed by atoms with Crippen LogP contribution in [0.3, 0.4) is 0 Å². The van der Waals surface area contributed by atoms with E-state index in [0.29, 0.717) is 5.00 Å². The van der Waals surface area contributed by atoms with E-state index >= 15 is 0 Å². The number of carbonyl (C=O) groups excluding carboxylic acids is 1. The van der Waals surface area contributed by atoms with Crippen LogP contribution in [0.15, 0.2) is 36.4 Å². The third kappa shape index (κ3) is 4.36. The molecule has 2 aromatic heterocycles. The molecule has 7 nitrogen and oxygen atoms in total. The summed E-state index contributed by atoms with van der Waals surface area (Å²) in [6.45, 7) is 9.04. The second-order valence-corrected chi connectivity index (χ2v) is 9.69. The zero-order valence-corrected chi connectivity index (χ0v) is 20.1. The molecule has 1 aliphatic heterocycles. The van der Waals surface area contributed by atoms with Crippen LogP contribution in [0.5, 0.6) is 0 Å². The van der Waals surface area contributed by atoms with Gasteiger partial charge in [0.1, 0.15) is 22.4 Å². The number of fused-ring (bicyclic) bond motifs is 3. The van der Waals surface area contributed by atoms with Crippen molar-refractivity contribution in [2.45, 2.75) is 40.5 Å². The summed E-state index contributed by atoms with van der Waals surface area (Å²) in [6, 6.07) is 12.4. The highest BCUT2D eigenvalue weighted by Crippen LogP contribution is 2.34. The number of aromatic nitrogens is 3. The number of nitrogens with one attached hydrogen (secondary N) is 1. The van der Waals surface area contributed by atoms with Gasteiger partial charge in [-0.15, -0.1) is 0 Å². The maximum absolute atomic E-state index is 12.5. The minimum atomic E-state index is -0.486. The van der Waals surface area contributed by atoms with Gasteiger partial charge in [0, 0.05) is 18.7 Å². The Balaban J connectivity index is 1.25. The largest absolute Gasteiger partial charge is 0.444 e. The van der Waals surface area contributed by atoms with Gasteiger partial charge >= 0.3 is 6.09 Å². The second kappa shape index (κ2) is 8.61. The number of carbonyl (C=O) groups is 1. The van der Waals surface area contributed by atoms with E-state index in [1.54, 1.807) is 0 Å². The lowest BCUT2D eigenvalue weighted by Gasteiger charge is -2.23. The summed E-state index contributed by atoms with van der Waals surface area (Å²) >= 11 is 1.46. The molecule has 0 spiro atoms. The number of amides is 1. The van der Waals surface area contributed by atoms with Gasteiger partial charge < -0.3 is 9.30 Å². The molecule has 33 heavy (non-hydrogen) atoms. The predicted molar refractivity (Wildman–Crippen MR) is 132 cm³/mol. The summed E-state index contributed by atoms with van der Waals surface area (Å²) in [5.74, 6) is 1.08. The SMILES string of the molecule is Cc1ccc(-c2nc(C)c(NC(=O)OCc3ccc4c(c3)nc3n4CCN(C)C3)s2)c(C)c1. The van der Waals surface area contributed by atoms with Gasteiger partial charge in [0.05, 0.1) is 23.3 Å². The maximum atomic E-state index is 12.5. The second-order valence-electron chi connectivity index (χ2n) is 8.69. The zero-order valence-electron chi connectivity index (χ0n) is 19.3. The molecule has 0 aliphatic carbocycles. The fourth-order valence-electron chi connectivity index (χ4n) is 4.24. The minimum Gasteiger partial charge on any atom is -0.444 e. The van der Waals surface area contributed by atoms with Crippen LogP contribution in [-0.4, -0.2) is 39.1 Å². The van der Waals surface area contributed by atoms with Gasteiger partial charge in [-0.3, -0.25) is 10.2 Å². The van der Waals surface area contributed by atoms with Gasteiger partial charge in [-0.05, 0) is 51.1 Å². The first-order valence-corrected chi connectivity index (χ1v) is 11.8. The Bertz CT molecular complexity index is 1360. The number of rotatable bonds is 4. The molecule has 1 N–H and O–H groups in total. The molecule has 0 saturated carbocycles. The van der Waals surface area contributed by atoms with Crippen LogP contribution in [0.25, 0.3) is 21.6 Å². The van der Waals surface area contributed by atoms with Gasteiger partial charge in [-0.1, -0.05) is 41.2 Å². The molecular weight excluding hydrogens is 434 g/mol. The van der Waals surface area contributed by atoms with Crippen molar-refractivity contribution in [1.82, 2.24) is 19.4 Å². The van der Waals surface area contributed by atoms with Crippen molar-refractivity contribution < 1.29 is 9.53 Å². The molecule has 0 fully saturated rings. The fourth-order valence-corrected chi connectivity index (χ4v) is 5.28. The predicted octanol–water partition coefficient (Wildman–Crippen LogP) is 5.28. The minimum absolute atomic E-state index is 0.186. The number of hydrogen-bond donors (Lipinski definition) is 1. The molecule has 0 atom stereocenters. The Morgan fingerprint density at radius 2 is 1.97 bits per heavy atom. The van der Waals surface area contributed by atoms with Crippen molar-refractivity contribution >= 4 is 33.5 Å². The molecule has 2 aromatic carbocycles. The van der Waals surface area contributed by atoms with E-state index in [-0.39, 0.29) is 6.61 Å². The van der Waals surface area contributed by atoms with Gasteiger partial charge in [-0.25, -0.2) is 14.8 Å². The lowest BCUT2D eigenvalue weighted by molar-refractivity contribution is 0.155. The Morgan fingerprint density at radius 3 is 2.79 bits per heavy atom. The van der Waals surface area contributed by atoms with E-state index in [2.05, 4.69) is 64.9 Å². The van der Waals surface area contributed by atoms with Crippen LogP contribution < -0.4 is 5.32 Å². The smallest absolute Gasteiger partial charge is 0.412 e. The fraction of sp³-hybridized carbons (Fsp3) is 0.320. The number of benzene rings is 2. The molecule has 8 heteroatoms. The number of ether oxygens (including phenoxy) is 1. The van der Waals surface area contributed by atoms with Gasteiger partial charge in [0.25, 0.3) is 0 Å². The van der Waals surface area contributed by atoms with Crippen LogP contribution in [-0.2, 0) is 24.4 Å². The highest BCUT2D eigenvalue weighted by atomic mass is 32.1. The van der Waals surface area contributed by atoms with Crippen molar-refractivity contribution in [2.75, 3.05) is 18.9 Å². The first-order chi connectivity index (χ1) is 15.9. The molecule has 1 aliphatic rings. The van der Waals surface area contributed by atoms with Crippen LogP contribution in [0.2, 0.25) is 0 Å². The number of anilines is 1. The molecule has 4 aromatic rings. The maximum Gasteiger partial charge on any atom is 0.412 e. The zero-order chi connectivity index (χ0) is 23.1. The van der Waals surface area contributed by atoms with Crippen molar-refractivity contribution in [3.05, 3.63) is 64.6 Å². The third-order valence-electron chi connectivity index (χ3n) is 6.00. The first-order valence-electron chi connectivity index (χ1n) is 11.0. The van der Waals surface area contributed by atoms with Gasteiger partial charge in [-0.2, -0.15) is 0 Å². The van der Waals surface area contributed by atoms with Crippen LogP contribution >= 0.6 is 11.3 Å². The summed E-state index contributed by atoms with van der Waals surface area (Å²) in [4.78, 5) is 24.2. The Hall–Kier alpha value is -3.23. The first kappa shape index (κ1) is 21.6. The molecule has 0 unspecified atom stereocenters. The quantitative estimate of drug-likeness (QED) is 0.448. The number of thiazole rings is 1. The summed E-state index contributed by atoms with van der Waals surface area (Å²) in [6.07, 6.45) is -0.486. The van der Waals surface area contributed by atoms with E-state index in [4.69, 9.17) is 9.72 Å². The molecular formula is C25H27N5O2S. The van der Waals surface area contributed by atoms with E-state index in [0.717, 1.165) is 58.3 Å². The lowest BCUT2D eigenvalue weighted by atomic mass is 10.1. The lowest BCUT2D eigenvalue weighted by Crippen LogP contribution is -2.30. The number of nitrogens with zero attached hydrogens (tertiary/aromatic N) is 4. The Morgan fingerprint density at radius 1 is 1.12 bits per heavy atom. The Kier molecular flexibility index (Phi) is 5.64. The number of aryl methyl sites for hydroxylation is 3. The summed E-state index contributed by atoms with van der Waals surface area (Å²) in [5.41, 5.74) is 7.23. The van der Waals surface area contributed by atoms with Gasteiger partial charge in [0.15, 0.2) is 0 Å². The monoisotopic (exact) mass is 461 g/mol. The van der Waals surface area contributed by atoms with Crippen LogP contribution in [0.1, 0.15) is 28.2 Å². The third-order valence-corrected chi connectivity index (χ3v) is 7.11. The number of hydrogen-bond acceptors (Lipinski definition) is 6. The van der Waals surface area contributed by atoms with Crippen molar-refractivity contribution in [3.8, 4) is 10.6 Å². The van der Waals surface area contributed by atoms with E-state index in [1.165, 1.54) is 22.5 Å². The molecule has 5 rings (SSSR count). The summed E-state index contributed by atoms with van der Waals surface area (Å²) in [7, 11) is 2.11. The topological polar surface area (TPSA) is 72.3 Å². The number of likely N-dealkylation sites (N-methyl/N-ethyl adjacent to an activating group) is 1. The summed E-state index contributed by atoms with van der Waals surface area (Å²) < 4.78 is 7.77. The number of imidazole rings is 1. The van der Waals surface area contributed by atoms with Crippen LogP contribution in [0, 0.1) is 20.8 Å². The van der Waals surface area contributed by atoms with E-state index in [1.807, 2.05) is 19.1 Å². The molecule has 0 bridgehead atoms.